The molecule has 0 radical (unpaired) electrons. The van der Waals surface area contributed by atoms with E-state index in [-0.39, 0.29) is 0 Å². The zero-order valence-electron chi connectivity index (χ0n) is 12.8. The highest BCUT2D eigenvalue weighted by Gasteiger charge is 2.18. The molecule has 1 unspecified atom stereocenters. The van der Waals surface area contributed by atoms with E-state index in [4.69, 9.17) is 0 Å². The monoisotopic (exact) mass is 276 g/mol. The van der Waals surface area contributed by atoms with Crippen molar-refractivity contribution in [1.29, 1.82) is 0 Å². The van der Waals surface area contributed by atoms with Gasteiger partial charge in [-0.25, -0.2) is 0 Å². The zero-order chi connectivity index (χ0) is 14.4. The van der Waals surface area contributed by atoms with Crippen LogP contribution in [0.5, 0.6) is 0 Å². The first-order valence-corrected chi connectivity index (χ1v) is 7.90. The first-order valence-electron chi connectivity index (χ1n) is 7.90. The van der Waals surface area contributed by atoms with Gasteiger partial charge < -0.3 is 10.4 Å². The average Bonchev–Trinajstić information content (AvgIpc) is 2.48. The molecule has 1 aromatic rings. The number of likely N-dealkylation sites (tertiary alicyclic amines) is 1. The molecule has 3 nitrogen and oxygen atoms in total. The lowest BCUT2D eigenvalue weighted by Crippen LogP contribution is -2.34. The lowest BCUT2D eigenvalue weighted by molar-refractivity contribution is 0.127. The van der Waals surface area contributed by atoms with Crippen molar-refractivity contribution >= 4 is 5.69 Å². The van der Waals surface area contributed by atoms with Crippen molar-refractivity contribution < 1.29 is 5.11 Å². The Labute approximate surface area is 123 Å². The summed E-state index contributed by atoms with van der Waals surface area (Å²) in [6, 6.07) is 9.28. The van der Waals surface area contributed by atoms with Gasteiger partial charge in [0.05, 0.1) is 0 Å². The Kier molecular flexibility index (Phi) is 5.86. The van der Waals surface area contributed by atoms with Gasteiger partial charge in [-0.3, -0.25) is 4.90 Å². The summed E-state index contributed by atoms with van der Waals surface area (Å²) >= 11 is 0. The van der Waals surface area contributed by atoms with E-state index >= 15 is 0 Å². The van der Waals surface area contributed by atoms with Crippen LogP contribution in [0.4, 0.5) is 5.69 Å². The van der Waals surface area contributed by atoms with Crippen LogP contribution in [0.25, 0.3) is 0 Å². The Hall–Kier alpha value is -1.06. The molecule has 0 spiro atoms. The summed E-state index contributed by atoms with van der Waals surface area (Å²) < 4.78 is 0. The number of anilines is 1. The standard InChI is InChI=1S/C17H28N2O/c1-3-14(2)18-17-6-4-5-16(11-17)12-19-9-7-15(13-20)8-10-19/h4-6,11,14-15,18,20H,3,7-10,12-13H2,1-2H3. The maximum atomic E-state index is 9.18. The number of hydrogen-bond donors (Lipinski definition) is 2. The van der Waals surface area contributed by atoms with Crippen molar-refractivity contribution in [3.63, 3.8) is 0 Å². The molecule has 2 N–H and O–H groups in total. The molecule has 3 heteroatoms. The van der Waals surface area contributed by atoms with Gasteiger partial charge in [0.15, 0.2) is 0 Å². The van der Waals surface area contributed by atoms with Gasteiger partial charge in [-0.2, -0.15) is 0 Å². The van der Waals surface area contributed by atoms with Crippen molar-refractivity contribution in [2.24, 2.45) is 5.92 Å². The molecule has 1 saturated heterocycles. The quantitative estimate of drug-likeness (QED) is 0.838. The second-order valence-corrected chi connectivity index (χ2v) is 6.06. The van der Waals surface area contributed by atoms with Gasteiger partial charge in [0, 0.05) is 24.9 Å². The highest BCUT2D eigenvalue weighted by Crippen LogP contribution is 2.20. The number of rotatable bonds is 6. The van der Waals surface area contributed by atoms with E-state index in [0.717, 1.165) is 38.9 Å². The highest BCUT2D eigenvalue weighted by atomic mass is 16.3. The molecular formula is C17H28N2O. The van der Waals surface area contributed by atoms with Gasteiger partial charge in [-0.15, -0.1) is 0 Å². The van der Waals surface area contributed by atoms with Crippen LogP contribution in [0.2, 0.25) is 0 Å². The predicted octanol–water partition coefficient (Wildman–Crippen LogP) is 3.10. The molecule has 0 aromatic heterocycles. The summed E-state index contributed by atoms with van der Waals surface area (Å²) in [7, 11) is 0. The largest absolute Gasteiger partial charge is 0.396 e. The third-order valence-corrected chi connectivity index (χ3v) is 4.32. The Morgan fingerprint density at radius 3 is 2.75 bits per heavy atom. The van der Waals surface area contributed by atoms with Crippen LogP contribution in [-0.2, 0) is 6.54 Å². The minimum Gasteiger partial charge on any atom is -0.396 e. The topological polar surface area (TPSA) is 35.5 Å². The normalized spacial score (nSPS) is 18.9. The van der Waals surface area contributed by atoms with Gasteiger partial charge in [0.2, 0.25) is 0 Å². The number of piperidine rings is 1. The van der Waals surface area contributed by atoms with Crippen molar-refractivity contribution in [3.05, 3.63) is 29.8 Å². The molecule has 0 saturated carbocycles. The van der Waals surface area contributed by atoms with Crippen molar-refractivity contribution in [3.8, 4) is 0 Å². The van der Waals surface area contributed by atoms with E-state index in [1.807, 2.05) is 0 Å². The molecule has 0 aliphatic carbocycles. The molecule has 0 amide bonds. The van der Waals surface area contributed by atoms with Crippen molar-refractivity contribution in [2.75, 3.05) is 25.0 Å². The lowest BCUT2D eigenvalue weighted by Gasteiger charge is -2.31. The maximum absolute atomic E-state index is 9.18. The van der Waals surface area contributed by atoms with Gasteiger partial charge in [0.1, 0.15) is 0 Å². The third kappa shape index (κ3) is 4.50. The second-order valence-electron chi connectivity index (χ2n) is 6.06. The van der Waals surface area contributed by atoms with Crippen LogP contribution < -0.4 is 5.32 Å². The molecule has 1 fully saturated rings. The number of benzene rings is 1. The van der Waals surface area contributed by atoms with E-state index in [0.29, 0.717) is 18.6 Å². The molecule has 0 bridgehead atoms. The summed E-state index contributed by atoms with van der Waals surface area (Å²) in [5.41, 5.74) is 2.60. The number of aliphatic hydroxyl groups is 1. The Morgan fingerprint density at radius 1 is 1.35 bits per heavy atom. The Balaban J connectivity index is 1.88. The Bertz CT molecular complexity index is 400. The molecule has 1 aromatic carbocycles. The highest BCUT2D eigenvalue weighted by molar-refractivity contribution is 5.46. The number of hydrogen-bond acceptors (Lipinski definition) is 3. The summed E-state index contributed by atoms with van der Waals surface area (Å²) in [6.07, 6.45) is 3.39. The number of aliphatic hydroxyl groups excluding tert-OH is 1. The van der Waals surface area contributed by atoms with Crippen molar-refractivity contribution in [1.82, 2.24) is 4.90 Å². The van der Waals surface area contributed by atoms with Crippen molar-refractivity contribution in [2.45, 2.75) is 45.7 Å². The smallest absolute Gasteiger partial charge is 0.0460 e. The third-order valence-electron chi connectivity index (χ3n) is 4.32. The summed E-state index contributed by atoms with van der Waals surface area (Å²) in [6.45, 7) is 8.00. The number of nitrogens with zero attached hydrogens (tertiary/aromatic N) is 1. The van der Waals surface area contributed by atoms with E-state index in [9.17, 15) is 5.11 Å². The summed E-state index contributed by atoms with van der Waals surface area (Å²) in [5.74, 6) is 0.518. The Morgan fingerprint density at radius 2 is 2.10 bits per heavy atom. The van der Waals surface area contributed by atoms with Crippen LogP contribution in [0.15, 0.2) is 24.3 Å². The van der Waals surface area contributed by atoms with E-state index in [1.165, 1.54) is 11.3 Å². The van der Waals surface area contributed by atoms with Crippen LogP contribution >= 0.6 is 0 Å². The fourth-order valence-electron chi connectivity index (χ4n) is 2.73. The molecule has 2 rings (SSSR count). The predicted molar refractivity (Wildman–Crippen MR) is 84.9 cm³/mol. The van der Waals surface area contributed by atoms with Gasteiger partial charge in [0.25, 0.3) is 0 Å². The maximum Gasteiger partial charge on any atom is 0.0460 e. The van der Waals surface area contributed by atoms with Crippen LogP contribution in [-0.4, -0.2) is 35.7 Å². The van der Waals surface area contributed by atoms with Gasteiger partial charge in [-0.1, -0.05) is 19.1 Å². The zero-order valence-corrected chi connectivity index (χ0v) is 12.8. The molecule has 1 heterocycles. The molecular weight excluding hydrogens is 248 g/mol. The van der Waals surface area contributed by atoms with Gasteiger partial charge in [-0.05, 0) is 62.9 Å². The second kappa shape index (κ2) is 7.65. The van der Waals surface area contributed by atoms with Gasteiger partial charge >= 0.3 is 0 Å². The molecule has 20 heavy (non-hydrogen) atoms. The lowest BCUT2D eigenvalue weighted by atomic mass is 9.97. The molecule has 1 atom stereocenters. The minimum atomic E-state index is 0.349. The molecule has 112 valence electrons. The first kappa shape index (κ1) is 15.3. The summed E-state index contributed by atoms with van der Waals surface area (Å²) in [4.78, 5) is 2.49. The van der Waals surface area contributed by atoms with E-state index in [1.54, 1.807) is 0 Å². The molecule has 1 aliphatic rings. The summed E-state index contributed by atoms with van der Waals surface area (Å²) in [5, 5.41) is 12.7. The van der Waals surface area contributed by atoms with E-state index in [2.05, 4.69) is 48.3 Å². The minimum absolute atomic E-state index is 0.349. The van der Waals surface area contributed by atoms with Crippen LogP contribution in [0.3, 0.4) is 0 Å². The fraction of sp³-hybridized carbons (Fsp3) is 0.647. The SMILES string of the molecule is CCC(C)Nc1cccc(CN2CCC(CO)CC2)c1. The number of nitrogens with one attached hydrogen (secondary N) is 1. The first-order chi connectivity index (χ1) is 9.71. The van der Waals surface area contributed by atoms with Crippen LogP contribution in [0, 0.1) is 5.92 Å². The molecule has 1 aliphatic heterocycles. The average molecular weight is 276 g/mol. The fourth-order valence-corrected chi connectivity index (χ4v) is 2.73. The van der Waals surface area contributed by atoms with Crippen LogP contribution in [0.1, 0.15) is 38.7 Å². The van der Waals surface area contributed by atoms with E-state index < -0.39 is 0 Å².